The van der Waals surface area contributed by atoms with Crippen molar-refractivity contribution in [2.75, 3.05) is 13.1 Å². The van der Waals surface area contributed by atoms with Crippen molar-refractivity contribution < 1.29 is 4.79 Å². The second-order valence-electron chi connectivity index (χ2n) is 2.34. The number of carbonyl (C=O) groups is 1. The van der Waals surface area contributed by atoms with Crippen LogP contribution < -0.4 is 11.1 Å². The minimum Gasteiger partial charge on any atom is -0.329 e. The Morgan fingerprint density at radius 3 is 2.58 bits per heavy atom. The van der Waals surface area contributed by atoms with E-state index in [1.54, 1.807) is 12.1 Å². The highest BCUT2D eigenvalue weighted by Crippen LogP contribution is 1.97. The van der Waals surface area contributed by atoms with Gasteiger partial charge in [0.05, 0.1) is 6.54 Å². The molecule has 0 heterocycles. The van der Waals surface area contributed by atoms with Crippen molar-refractivity contribution >= 4 is 5.91 Å². The minimum absolute atomic E-state index is 0.193. The van der Waals surface area contributed by atoms with Crippen LogP contribution in [-0.4, -0.2) is 19.0 Å². The van der Waals surface area contributed by atoms with Gasteiger partial charge in [-0.1, -0.05) is 18.2 Å². The lowest BCUT2D eigenvalue weighted by atomic mass is 10.2. The molecule has 1 rings (SSSR count). The van der Waals surface area contributed by atoms with E-state index < -0.39 is 0 Å². The Balaban J connectivity index is 2.54. The van der Waals surface area contributed by atoms with Crippen molar-refractivity contribution in [3.63, 3.8) is 0 Å². The third-order valence-corrected chi connectivity index (χ3v) is 1.41. The van der Waals surface area contributed by atoms with Crippen molar-refractivity contribution in [1.82, 2.24) is 5.32 Å². The van der Waals surface area contributed by atoms with Crippen molar-refractivity contribution in [3.8, 4) is 0 Å². The largest absolute Gasteiger partial charge is 0.329 e. The van der Waals surface area contributed by atoms with Gasteiger partial charge >= 0.3 is 0 Å². The molecule has 0 aliphatic carbocycles. The summed E-state index contributed by atoms with van der Waals surface area (Å²) in [6, 6.07) is 8.96. The molecule has 12 heavy (non-hydrogen) atoms. The number of amides is 1. The van der Waals surface area contributed by atoms with Crippen molar-refractivity contribution in [2.45, 2.75) is 0 Å². The van der Waals surface area contributed by atoms with Crippen LogP contribution in [0.5, 0.6) is 0 Å². The Kier molecular flexibility index (Phi) is 3.29. The maximum atomic E-state index is 11.2. The lowest BCUT2D eigenvalue weighted by molar-refractivity contribution is 0.0950. The summed E-state index contributed by atoms with van der Waals surface area (Å²) in [5.41, 5.74) is 5.83. The van der Waals surface area contributed by atoms with E-state index in [4.69, 9.17) is 5.73 Å². The van der Waals surface area contributed by atoms with E-state index >= 15 is 0 Å². The molecule has 0 saturated carbocycles. The zero-order valence-electron chi connectivity index (χ0n) is 6.73. The Labute approximate surface area is 71.6 Å². The normalized spacial score (nSPS) is 9.42. The van der Waals surface area contributed by atoms with Gasteiger partial charge < -0.3 is 5.73 Å². The number of rotatable bonds is 3. The first-order valence-corrected chi connectivity index (χ1v) is 3.81. The highest BCUT2D eigenvalue weighted by Gasteiger charge is 2.03. The number of nitrogens with two attached hydrogens (primary N) is 1. The molecule has 0 fully saturated rings. The maximum absolute atomic E-state index is 11.2. The fraction of sp³-hybridized carbons (Fsp3) is 0.222. The second kappa shape index (κ2) is 4.51. The van der Waals surface area contributed by atoms with Crippen LogP contribution in [0.2, 0.25) is 0 Å². The van der Waals surface area contributed by atoms with E-state index in [1.807, 2.05) is 18.2 Å². The average Bonchev–Trinajstić information content (AvgIpc) is 2.15. The van der Waals surface area contributed by atoms with E-state index in [0.717, 1.165) is 0 Å². The van der Waals surface area contributed by atoms with Gasteiger partial charge in [0.25, 0.3) is 5.91 Å². The van der Waals surface area contributed by atoms with Gasteiger partial charge in [-0.15, -0.1) is 0 Å². The molecule has 3 nitrogen and oxygen atoms in total. The van der Waals surface area contributed by atoms with Gasteiger partial charge in [0.15, 0.2) is 0 Å². The number of carbonyl (C=O) groups excluding carboxylic acids is 1. The first-order valence-electron chi connectivity index (χ1n) is 3.81. The summed E-state index contributed by atoms with van der Waals surface area (Å²) in [6.45, 7) is 0.812. The number of nitrogens with zero attached hydrogens (tertiary/aromatic N) is 1. The lowest BCUT2D eigenvalue weighted by Gasteiger charge is -1.98. The monoisotopic (exact) mass is 163 g/mol. The molecular formula is C9H11N2O. The molecule has 0 bridgehead atoms. The van der Waals surface area contributed by atoms with Gasteiger partial charge in [0, 0.05) is 12.1 Å². The first kappa shape index (κ1) is 8.74. The van der Waals surface area contributed by atoms with Gasteiger partial charge in [-0.2, -0.15) is 0 Å². The van der Waals surface area contributed by atoms with Crippen LogP contribution in [0, 0.1) is 0 Å². The summed E-state index contributed by atoms with van der Waals surface area (Å²) in [4.78, 5) is 11.2. The van der Waals surface area contributed by atoms with E-state index in [1.165, 1.54) is 0 Å². The molecule has 63 valence electrons. The second-order valence-corrected chi connectivity index (χ2v) is 2.34. The highest BCUT2D eigenvalue weighted by molar-refractivity contribution is 5.93. The lowest BCUT2D eigenvalue weighted by Crippen LogP contribution is -2.22. The standard InChI is InChI=1S/C9H11N2O/c10-6-7-11-9(12)8-4-2-1-3-5-8/h1-5H,6-7,10H2. The number of hydrogen-bond acceptors (Lipinski definition) is 2. The first-order chi connectivity index (χ1) is 5.84. The third kappa shape index (κ3) is 2.36. The average molecular weight is 163 g/mol. The number of hydrogen-bond donors (Lipinski definition) is 1. The topological polar surface area (TPSA) is 57.2 Å². The Hall–Kier alpha value is -1.35. The Morgan fingerprint density at radius 1 is 1.33 bits per heavy atom. The summed E-state index contributed by atoms with van der Waals surface area (Å²) in [7, 11) is 0. The quantitative estimate of drug-likeness (QED) is 0.700. The summed E-state index contributed by atoms with van der Waals surface area (Å²) in [5.74, 6) is -0.193. The molecule has 0 aliphatic rings. The predicted molar refractivity (Wildman–Crippen MR) is 46.8 cm³/mol. The van der Waals surface area contributed by atoms with Gasteiger partial charge in [-0.3, -0.25) is 4.79 Å². The van der Waals surface area contributed by atoms with Crippen molar-refractivity contribution in [3.05, 3.63) is 35.9 Å². The molecule has 3 heteroatoms. The zero-order valence-corrected chi connectivity index (χ0v) is 6.73. The van der Waals surface area contributed by atoms with Crippen LogP contribution in [0.15, 0.2) is 30.3 Å². The van der Waals surface area contributed by atoms with Gasteiger partial charge in [-0.05, 0) is 12.1 Å². The minimum atomic E-state index is -0.193. The van der Waals surface area contributed by atoms with E-state index in [9.17, 15) is 4.79 Å². The molecule has 0 aromatic heterocycles. The molecular weight excluding hydrogens is 152 g/mol. The van der Waals surface area contributed by atoms with Crippen molar-refractivity contribution in [1.29, 1.82) is 0 Å². The van der Waals surface area contributed by atoms with Crippen LogP contribution >= 0.6 is 0 Å². The molecule has 0 atom stereocenters. The van der Waals surface area contributed by atoms with Gasteiger partial charge in [0.1, 0.15) is 0 Å². The molecule has 2 N–H and O–H groups in total. The zero-order chi connectivity index (χ0) is 8.81. The van der Waals surface area contributed by atoms with Crippen LogP contribution in [0.25, 0.3) is 0 Å². The number of benzene rings is 1. The molecule has 0 saturated heterocycles. The molecule has 0 unspecified atom stereocenters. The summed E-state index contributed by atoms with van der Waals surface area (Å²) >= 11 is 0. The van der Waals surface area contributed by atoms with Crippen LogP contribution in [0.3, 0.4) is 0 Å². The molecule has 1 aromatic rings. The fourth-order valence-electron chi connectivity index (χ4n) is 0.838. The molecule has 0 aliphatic heterocycles. The third-order valence-electron chi connectivity index (χ3n) is 1.41. The highest BCUT2D eigenvalue weighted by atomic mass is 16.1. The summed E-state index contributed by atoms with van der Waals surface area (Å²) < 4.78 is 0. The van der Waals surface area contributed by atoms with Crippen molar-refractivity contribution in [2.24, 2.45) is 5.73 Å². The predicted octanol–water partition coefficient (Wildman–Crippen LogP) is 0.390. The van der Waals surface area contributed by atoms with Crippen LogP contribution in [-0.2, 0) is 0 Å². The molecule has 0 spiro atoms. The van der Waals surface area contributed by atoms with Gasteiger partial charge in [-0.25, -0.2) is 5.32 Å². The SMILES string of the molecule is NCC[N]C(=O)c1ccccc1. The van der Waals surface area contributed by atoms with E-state index in [2.05, 4.69) is 5.32 Å². The molecule has 1 radical (unpaired) electrons. The van der Waals surface area contributed by atoms with Gasteiger partial charge in [0.2, 0.25) is 0 Å². The smallest absolute Gasteiger partial charge is 0.272 e. The summed E-state index contributed by atoms with van der Waals surface area (Å²) in [5, 5.41) is 3.75. The molecule has 1 aromatic carbocycles. The van der Waals surface area contributed by atoms with E-state index in [-0.39, 0.29) is 5.91 Å². The Morgan fingerprint density at radius 2 is 2.00 bits per heavy atom. The fourth-order valence-corrected chi connectivity index (χ4v) is 0.838. The molecule has 1 amide bonds. The van der Waals surface area contributed by atoms with Crippen LogP contribution in [0.1, 0.15) is 10.4 Å². The van der Waals surface area contributed by atoms with E-state index in [0.29, 0.717) is 18.7 Å². The Bertz CT molecular complexity index is 246. The summed E-state index contributed by atoms with van der Waals surface area (Å²) in [6.07, 6.45) is 0. The maximum Gasteiger partial charge on any atom is 0.272 e. The van der Waals surface area contributed by atoms with Crippen LogP contribution in [0.4, 0.5) is 0 Å².